The van der Waals surface area contributed by atoms with Crippen LogP contribution < -0.4 is 21.1 Å². The molecule has 1 heterocycles. The number of nitrogens with one attached hydrogen (secondary N) is 3. The third-order valence-electron chi connectivity index (χ3n) is 4.57. The number of hydrogen-bond donors (Lipinski definition) is 3. The molecule has 0 unspecified atom stereocenters. The van der Waals surface area contributed by atoms with Crippen LogP contribution in [-0.4, -0.2) is 23.5 Å². The maximum atomic E-state index is 13.6. The molecule has 8 heteroatoms. The number of benzene rings is 2. The van der Waals surface area contributed by atoms with E-state index in [0.717, 1.165) is 12.1 Å². The van der Waals surface area contributed by atoms with Gasteiger partial charge in [-0.15, -0.1) is 0 Å². The predicted molar refractivity (Wildman–Crippen MR) is 110 cm³/mol. The van der Waals surface area contributed by atoms with Crippen LogP contribution in [0.25, 0.3) is 0 Å². The standard InChI is InChI=1S/C20H21FN4O2S/c1-2-13-7-9-15(10-8-13)25-12-14(11-18(25)26)19(27)23-24-20(28)22-17-6-4-3-5-16(17)21/h3-10,14H,2,11-12H2,1H3,(H,23,27)(H2,22,24,28)/t14-/m0/s1. The zero-order valence-corrected chi connectivity index (χ0v) is 16.2. The van der Waals surface area contributed by atoms with Gasteiger partial charge in [0.05, 0.1) is 11.6 Å². The Kier molecular flexibility index (Phi) is 6.20. The Labute approximate surface area is 168 Å². The molecule has 1 saturated heterocycles. The Morgan fingerprint density at radius 3 is 2.57 bits per heavy atom. The molecule has 1 atom stereocenters. The number of aryl methyl sites for hydroxylation is 1. The lowest BCUT2D eigenvalue weighted by Gasteiger charge is -2.17. The summed E-state index contributed by atoms with van der Waals surface area (Å²) in [5, 5.41) is 2.71. The number of anilines is 2. The summed E-state index contributed by atoms with van der Waals surface area (Å²) in [6.07, 6.45) is 1.04. The number of rotatable bonds is 4. The van der Waals surface area contributed by atoms with Gasteiger partial charge in [0.2, 0.25) is 11.8 Å². The number of hydrogen-bond acceptors (Lipinski definition) is 3. The van der Waals surface area contributed by atoms with Gasteiger partial charge in [0.25, 0.3) is 0 Å². The number of halogens is 1. The summed E-state index contributed by atoms with van der Waals surface area (Å²) in [5.41, 5.74) is 7.19. The van der Waals surface area contributed by atoms with Crippen molar-refractivity contribution < 1.29 is 14.0 Å². The number of hydrazine groups is 1. The fourth-order valence-electron chi connectivity index (χ4n) is 2.98. The lowest BCUT2D eigenvalue weighted by Crippen LogP contribution is -2.46. The second kappa shape index (κ2) is 8.79. The minimum absolute atomic E-state index is 0.0507. The van der Waals surface area contributed by atoms with Crippen molar-refractivity contribution >= 4 is 40.5 Å². The Morgan fingerprint density at radius 2 is 1.89 bits per heavy atom. The molecular formula is C20H21FN4O2S. The van der Waals surface area contributed by atoms with Crippen molar-refractivity contribution in [1.29, 1.82) is 0 Å². The highest BCUT2D eigenvalue weighted by molar-refractivity contribution is 7.80. The number of nitrogens with zero attached hydrogens (tertiary/aromatic N) is 1. The topological polar surface area (TPSA) is 73.5 Å². The van der Waals surface area contributed by atoms with Crippen molar-refractivity contribution in [3.8, 4) is 0 Å². The van der Waals surface area contributed by atoms with E-state index in [-0.39, 0.29) is 29.0 Å². The van der Waals surface area contributed by atoms with E-state index in [0.29, 0.717) is 6.54 Å². The highest BCUT2D eigenvalue weighted by atomic mass is 32.1. The fourth-order valence-corrected chi connectivity index (χ4v) is 3.14. The Morgan fingerprint density at radius 1 is 1.18 bits per heavy atom. The van der Waals surface area contributed by atoms with Crippen molar-refractivity contribution in [1.82, 2.24) is 10.9 Å². The summed E-state index contributed by atoms with van der Waals surface area (Å²) < 4.78 is 13.6. The first-order chi connectivity index (χ1) is 13.5. The molecular weight excluding hydrogens is 379 g/mol. The number of thiocarbonyl (C=S) groups is 1. The first-order valence-electron chi connectivity index (χ1n) is 8.98. The molecule has 2 amide bonds. The van der Waals surface area contributed by atoms with Crippen LogP contribution in [0.2, 0.25) is 0 Å². The Hall–Kier alpha value is -3.00. The molecule has 0 aromatic heterocycles. The molecule has 0 aliphatic carbocycles. The summed E-state index contributed by atoms with van der Waals surface area (Å²) >= 11 is 5.05. The Balaban J connectivity index is 1.52. The number of amides is 2. The number of carbonyl (C=O) groups excluding carboxylic acids is 2. The summed E-state index contributed by atoms with van der Waals surface area (Å²) in [6.45, 7) is 2.36. The zero-order valence-electron chi connectivity index (χ0n) is 15.4. The predicted octanol–water partition coefficient (Wildman–Crippen LogP) is 2.76. The van der Waals surface area contributed by atoms with Gasteiger partial charge in [-0.1, -0.05) is 31.2 Å². The van der Waals surface area contributed by atoms with Gasteiger partial charge in [-0.2, -0.15) is 0 Å². The fraction of sp³-hybridized carbons (Fsp3) is 0.250. The van der Waals surface area contributed by atoms with Gasteiger partial charge in [0, 0.05) is 18.7 Å². The first-order valence-corrected chi connectivity index (χ1v) is 9.39. The first kappa shape index (κ1) is 19.8. The van der Waals surface area contributed by atoms with Crippen molar-refractivity contribution in [2.75, 3.05) is 16.8 Å². The van der Waals surface area contributed by atoms with Crippen LogP contribution >= 0.6 is 12.2 Å². The lowest BCUT2D eigenvalue weighted by molar-refractivity contribution is -0.126. The molecule has 0 spiro atoms. The summed E-state index contributed by atoms with van der Waals surface area (Å²) in [6, 6.07) is 13.8. The molecule has 1 aliphatic rings. The van der Waals surface area contributed by atoms with Crippen LogP contribution in [0.15, 0.2) is 48.5 Å². The van der Waals surface area contributed by atoms with Crippen molar-refractivity contribution in [2.24, 2.45) is 5.92 Å². The van der Waals surface area contributed by atoms with E-state index < -0.39 is 11.7 Å². The van der Waals surface area contributed by atoms with Crippen molar-refractivity contribution in [3.05, 3.63) is 59.9 Å². The van der Waals surface area contributed by atoms with Gasteiger partial charge in [-0.25, -0.2) is 4.39 Å². The maximum Gasteiger partial charge on any atom is 0.243 e. The van der Waals surface area contributed by atoms with Crippen molar-refractivity contribution in [3.63, 3.8) is 0 Å². The molecule has 146 valence electrons. The SMILES string of the molecule is CCc1ccc(N2C[C@@H](C(=O)NNC(=S)Nc3ccccc3F)CC2=O)cc1. The third-order valence-corrected chi connectivity index (χ3v) is 4.78. The van der Waals surface area contributed by atoms with Crippen LogP contribution in [0.5, 0.6) is 0 Å². The molecule has 1 fully saturated rings. The minimum Gasteiger partial charge on any atom is -0.329 e. The zero-order chi connectivity index (χ0) is 20.1. The Bertz CT molecular complexity index is 888. The van der Waals surface area contributed by atoms with Gasteiger partial charge in [0.15, 0.2) is 5.11 Å². The molecule has 0 radical (unpaired) electrons. The monoisotopic (exact) mass is 400 g/mol. The van der Waals surface area contributed by atoms with Gasteiger partial charge < -0.3 is 10.2 Å². The molecule has 3 rings (SSSR count). The van der Waals surface area contributed by atoms with Gasteiger partial charge in [-0.3, -0.25) is 20.4 Å². The van der Waals surface area contributed by atoms with Crippen molar-refractivity contribution in [2.45, 2.75) is 19.8 Å². The van der Waals surface area contributed by atoms with Gasteiger partial charge >= 0.3 is 0 Å². The van der Waals surface area contributed by atoms with Crippen LogP contribution in [0, 0.1) is 11.7 Å². The smallest absolute Gasteiger partial charge is 0.243 e. The summed E-state index contributed by atoms with van der Waals surface area (Å²) in [7, 11) is 0. The second-order valence-electron chi connectivity index (χ2n) is 6.47. The molecule has 3 N–H and O–H groups in total. The molecule has 28 heavy (non-hydrogen) atoms. The second-order valence-corrected chi connectivity index (χ2v) is 6.88. The summed E-state index contributed by atoms with van der Waals surface area (Å²) in [5.74, 6) is -1.40. The van der Waals surface area contributed by atoms with Crippen LogP contribution in [-0.2, 0) is 16.0 Å². The van der Waals surface area contributed by atoms with Crippen LogP contribution in [0.1, 0.15) is 18.9 Å². The molecule has 1 aliphatic heterocycles. The molecule has 0 saturated carbocycles. The molecule has 2 aromatic carbocycles. The van der Waals surface area contributed by atoms with E-state index in [2.05, 4.69) is 23.1 Å². The van der Waals surface area contributed by atoms with Crippen LogP contribution in [0.3, 0.4) is 0 Å². The van der Waals surface area contributed by atoms with E-state index in [1.807, 2.05) is 24.3 Å². The highest BCUT2D eigenvalue weighted by Gasteiger charge is 2.35. The summed E-state index contributed by atoms with van der Waals surface area (Å²) in [4.78, 5) is 26.3. The molecule has 2 aromatic rings. The normalized spacial score (nSPS) is 16.0. The lowest BCUT2D eigenvalue weighted by atomic mass is 10.1. The van der Waals surface area contributed by atoms with Gasteiger partial charge in [-0.05, 0) is 48.5 Å². The average molecular weight is 400 g/mol. The number of para-hydroxylation sites is 1. The minimum atomic E-state index is -0.498. The van der Waals surface area contributed by atoms with E-state index in [1.54, 1.807) is 17.0 Å². The number of carbonyl (C=O) groups is 2. The third kappa shape index (κ3) is 4.64. The maximum absolute atomic E-state index is 13.6. The highest BCUT2D eigenvalue weighted by Crippen LogP contribution is 2.25. The van der Waals surface area contributed by atoms with E-state index >= 15 is 0 Å². The van der Waals surface area contributed by atoms with Crippen LogP contribution in [0.4, 0.5) is 15.8 Å². The van der Waals surface area contributed by atoms with E-state index in [1.165, 1.54) is 17.7 Å². The molecule has 0 bridgehead atoms. The molecule has 6 nitrogen and oxygen atoms in total. The van der Waals surface area contributed by atoms with E-state index in [9.17, 15) is 14.0 Å². The largest absolute Gasteiger partial charge is 0.329 e. The average Bonchev–Trinajstić information content (AvgIpc) is 3.10. The van der Waals surface area contributed by atoms with Gasteiger partial charge in [0.1, 0.15) is 5.82 Å². The quantitative estimate of drug-likeness (QED) is 0.544. The van der Waals surface area contributed by atoms with E-state index in [4.69, 9.17) is 12.2 Å².